The summed E-state index contributed by atoms with van der Waals surface area (Å²) < 4.78 is 0. The van der Waals surface area contributed by atoms with Crippen LogP contribution < -0.4 is 0 Å². The Kier molecular flexibility index (Phi) is 5.81. The average Bonchev–Trinajstić information content (AvgIpc) is 2.64. The minimum atomic E-state index is 0.607. The van der Waals surface area contributed by atoms with Gasteiger partial charge in [0.1, 0.15) is 0 Å². The minimum absolute atomic E-state index is 0.607. The molecular formula is C18H28S. The maximum absolute atomic E-state index is 2.33. The van der Waals surface area contributed by atoms with E-state index < -0.39 is 0 Å². The molecule has 0 radical (unpaired) electrons. The second-order valence-corrected chi connectivity index (χ2v) is 7.12. The molecule has 1 aromatic carbocycles. The minimum Gasteiger partial charge on any atom is -0.125 e. The lowest BCUT2D eigenvalue weighted by atomic mass is 9.76. The van der Waals surface area contributed by atoms with Crippen molar-refractivity contribution < 1.29 is 0 Å². The van der Waals surface area contributed by atoms with Gasteiger partial charge in [0.15, 0.2) is 0 Å². The molecule has 0 bridgehead atoms. The Morgan fingerprint density at radius 1 is 1.05 bits per heavy atom. The first-order chi connectivity index (χ1) is 9.29. The molecule has 0 aliphatic carbocycles. The van der Waals surface area contributed by atoms with Gasteiger partial charge in [-0.3, -0.25) is 0 Å². The van der Waals surface area contributed by atoms with Crippen LogP contribution in [-0.4, -0.2) is 5.75 Å². The lowest BCUT2D eigenvalue weighted by Gasteiger charge is -2.32. The van der Waals surface area contributed by atoms with Crippen molar-refractivity contribution in [2.75, 3.05) is 5.75 Å². The van der Waals surface area contributed by atoms with Crippen molar-refractivity contribution in [3.05, 3.63) is 29.8 Å². The Morgan fingerprint density at radius 3 is 2.42 bits per heavy atom. The summed E-state index contributed by atoms with van der Waals surface area (Å²) in [5.41, 5.74) is 2.19. The molecule has 0 fully saturated rings. The lowest BCUT2D eigenvalue weighted by molar-refractivity contribution is 0.244. The van der Waals surface area contributed by atoms with Gasteiger partial charge in [-0.1, -0.05) is 57.7 Å². The molecule has 0 saturated heterocycles. The van der Waals surface area contributed by atoms with Crippen LogP contribution >= 0.6 is 11.8 Å². The van der Waals surface area contributed by atoms with Crippen LogP contribution in [0.1, 0.15) is 64.4 Å². The van der Waals surface area contributed by atoms with E-state index in [0.717, 1.165) is 0 Å². The third kappa shape index (κ3) is 4.02. The van der Waals surface area contributed by atoms with Crippen molar-refractivity contribution in [2.24, 2.45) is 5.41 Å². The van der Waals surface area contributed by atoms with Crippen LogP contribution in [0.15, 0.2) is 29.2 Å². The Hall–Kier alpha value is -0.430. The number of thioether (sulfide) groups is 1. The topological polar surface area (TPSA) is 0 Å². The molecular weight excluding hydrogens is 248 g/mol. The number of rotatable bonds is 6. The van der Waals surface area contributed by atoms with Crippen LogP contribution in [0, 0.1) is 5.41 Å². The highest BCUT2D eigenvalue weighted by Gasteiger charge is 2.31. The van der Waals surface area contributed by atoms with Gasteiger partial charge < -0.3 is 0 Å². The van der Waals surface area contributed by atoms with Crippen LogP contribution in [0.5, 0.6) is 0 Å². The summed E-state index contributed by atoms with van der Waals surface area (Å²) in [6.07, 6.45) is 11.0. The van der Waals surface area contributed by atoms with E-state index in [1.165, 1.54) is 62.0 Å². The fourth-order valence-corrected chi connectivity index (χ4v) is 4.60. The highest BCUT2D eigenvalue weighted by atomic mass is 32.2. The normalized spacial score (nSPS) is 17.8. The summed E-state index contributed by atoms with van der Waals surface area (Å²) in [5, 5.41) is 0. The molecule has 0 N–H and O–H groups in total. The fraction of sp³-hybridized carbons (Fsp3) is 0.667. The Bertz CT molecular complexity index is 346. The molecule has 0 unspecified atom stereocenters. The van der Waals surface area contributed by atoms with Gasteiger partial charge in [0.25, 0.3) is 0 Å². The fourth-order valence-electron chi connectivity index (χ4n) is 3.18. The number of aryl methyl sites for hydroxylation is 1. The summed E-state index contributed by atoms with van der Waals surface area (Å²) in [5.74, 6) is 1.34. The van der Waals surface area contributed by atoms with Crippen molar-refractivity contribution in [1.82, 2.24) is 0 Å². The number of hydrogen-bond donors (Lipinski definition) is 0. The zero-order chi connectivity index (χ0) is 13.6. The van der Waals surface area contributed by atoms with Gasteiger partial charge in [-0.15, -0.1) is 11.8 Å². The third-order valence-corrected chi connectivity index (χ3v) is 6.02. The molecule has 0 spiro atoms. The van der Waals surface area contributed by atoms with Gasteiger partial charge in [-0.05, 0) is 42.7 Å². The predicted molar refractivity (Wildman–Crippen MR) is 87.0 cm³/mol. The molecule has 0 atom stereocenters. The second-order valence-electron chi connectivity index (χ2n) is 6.10. The quantitative estimate of drug-likeness (QED) is 0.605. The summed E-state index contributed by atoms with van der Waals surface area (Å²) in [6, 6.07) is 9.04. The zero-order valence-corrected chi connectivity index (χ0v) is 13.4. The van der Waals surface area contributed by atoms with Gasteiger partial charge in [0.2, 0.25) is 0 Å². The van der Waals surface area contributed by atoms with Gasteiger partial charge in [-0.25, -0.2) is 0 Å². The monoisotopic (exact) mass is 276 g/mol. The highest BCUT2D eigenvalue weighted by molar-refractivity contribution is 7.99. The summed E-state index contributed by atoms with van der Waals surface area (Å²) >= 11 is 2.12. The Balaban J connectivity index is 2.08. The van der Waals surface area contributed by atoms with E-state index in [0.29, 0.717) is 5.41 Å². The van der Waals surface area contributed by atoms with Crippen molar-refractivity contribution in [3.63, 3.8) is 0 Å². The SMILES string of the molecule is CCCCC1(CCCC)CCc2ccccc2SC1. The van der Waals surface area contributed by atoms with Crippen LogP contribution in [0.4, 0.5) is 0 Å². The van der Waals surface area contributed by atoms with E-state index in [9.17, 15) is 0 Å². The van der Waals surface area contributed by atoms with E-state index >= 15 is 0 Å². The molecule has 0 aromatic heterocycles. The molecule has 1 heteroatoms. The van der Waals surface area contributed by atoms with Crippen LogP contribution in [0.3, 0.4) is 0 Å². The van der Waals surface area contributed by atoms with E-state index in [1.54, 1.807) is 5.56 Å². The number of hydrogen-bond acceptors (Lipinski definition) is 1. The summed E-state index contributed by atoms with van der Waals surface area (Å²) in [7, 11) is 0. The third-order valence-electron chi connectivity index (χ3n) is 4.55. The highest BCUT2D eigenvalue weighted by Crippen LogP contribution is 2.44. The zero-order valence-electron chi connectivity index (χ0n) is 12.6. The van der Waals surface area contributed by atoms with Crippen LogP contribution in [0.2, 0.25) is 0 Å². The van der Waals surface area contributed by atoms with Gasteiger partial charge in [0, 0.05) is 10.6 Å². The molecule has 0 amide bonds. The standard InChI is InChI=1S/C18H28S/c1-3-5-12-18(13-6-4-2)14-11-16-9-7-8-10-17(16)19-15-18/h7-10H,3-6,11-15H2,1-2H3. The average molecular weight is 276 g/mol. The second kappa shape index (κ2) is 7.38. The first-order valence-corrected chi connectivity index (χ1v) is 8.99. The van der Waals surface area contributed by atoms with Crippen LogP contribution in [0.25, 0.3) is 0 Å². The van der Waals surface area contributed by atoms with E-state index in [4.69, 9.17) is 0 Å². The lowest BCUT2D eigenvalue weighted by Crippen LogP contribution is -2.24. The largest absolute Gasteiger partial charge is 0.125 e. The first-order valence-electron chi connectivity index (χ1n) is 8.00. The Morgan fingerprint density at radius 2 is 1.74 bits per heavy atom. The Labute approximate surface area is 123 Å². The van der Waals surface area contributed by atoms with Crippen molar-refractivity contribution in [1.29, 1.82) is 0 Å². The summed E-state index contributed by atoms with van der Waals surface area (Å²) in [6.45, 7) is 4.65. The smallest absolute Gasteiger partial charge is 0.0104 e. The van der Waals surface area contributed by atoms with E-state index in [1.807, 2.05) is 0 Å². The van der Waals surface area contributed by atoms with Gasteiger partial charge in [-0.2, -0.15) is 0 Å². The van der Waals surface area contributed by atoms with Gasteiger partial charge in [0.05, 0.1) is 0 Å². The number of benzene rings is 1. The molecule has 1 aliphatic heterocycles. The molecule has 106 valence electrons. The molecule has 2 rings (SSSR count). The summed E-state index contributed by atoms with van der Waals surface area (Å²) in [4.78, 5) is 1.54. The van der Waals surface area contributed by atoms with Crippen LogP contribution in [-0.2, 0) is 6.42 Å². The molecule has 1 aliphatic rings. The maximum atomic E-state index is 2.33. The molecule has 19 heavy (non-hydrogen) atoms. The van der Waals surface area contributed by atoms with E-state index in [-0.39, 0.29) is 0 Å². The first kappa shape index (κ1) is 15.0. The number of fused-ring (bicyclic) bond motifs is 1. The maximum Gasteiger partial charge on any atom is 0.0104 e. The van der Waals surface area contributed by atoms with Gasteiger partial charge >= 0.3 is 0 Å². The molecule has 1 aromatic rings. The van der Waals surface area contributed by atoms with Crippen molar-refractivity contribution >= 4 is 11.8 Å². The van der Waals surface area contributed by atoms with E-state index in [2.05, 4.69) is 49.9 Å². The molecule has 1 heterocycles. The number of unbranched alkanes of at least 4 members (excludes halogenated alkanes) is 2. The molecule has 0 saturated carbocycles. The predicted octanol–water partition coefficient (Wildman–Crippen LogP) is 6.09. The van der Waals surface area contributed by atoms with Crippen molar-refractivity contribution in [3.8, 4) is 0 Å². The molecule has 0 nitrogen and oxygen atoms in total. The van der Waals surface area contributed by atoms with Crippen molar-refractivity contribution in [2.45, 2.75) is 70.1 Å².